The summed E-state index contributed by atoms with van der Waals surface area (Å²) in [6, 6.07) is 5.01. The molecule has 1 aromatic rings. The fourth-order valence-corrected chi connectivity index (χ4v) is 2.98. The zero-order valence-electron chi connectivity index (χ0n) is 12.9. The van der Waals surface area contributed by atoms with Crippen molar-refractivity contribution >= 4 is 11.6 Å². The summed E-state index contributed by atoms with van der Waals surface area (Å²) in [6.45, 7) is 4.44. The minimum atomic E-state index is -0.207. The average Bonchev–Trinajstić information content (AvgIpc) is 2.40. The molecule has 0 bridgehead atoms. The van der Waals surface area contributed by atoms with E-state index in [0.29, 0.717) is 10.9 Å². The normalized spacial score (nSPS) is 12.6. The summed E-state index contributed by atoms with van der Waals surface area (Å²) >= 11 is 6.00. The van der Waals surface area contributed by atoms with Crippen molar-refractivity contribution in [2.75, 3.05) is 0 Å². The highest BCUT2D eigenvalue weighted by molar-refractivity contribution is 6.30. The lowest BCUT2D eigenvalue weighted by atomic mass is 9.88. The Kier molecular flexibility index (Phi) is 8.93. The number of hydrogen-bond acceptors (Lipinski definition) is 0. The van der Waals surface area contributed by atoms with Crippen molar-refractivity contribution in [1.29, 1.82) is 0 Å². The molecule has 0 aliphatic carbocycles. The van der Waals surface area contributed by atoms with Crippen LogP contribution in [0.25, 0.3) is 0 Å². The van der Waals surface area contributed by atoms with Gasteiger partial charge in [0.05, 0.1) is 0 Å². The molecular formula is C18H28ClF. The highest BCUT2D eigenvalue weighted by Gasteiger charge is 2.13. The lowest BCUT2D eigenvalue weighted by Crippen LogP contribution is -2.00. The molecule has 0 radical (unpaired) electrons. The fourth-order valence-electron chi connectivity index (χ4n) is 2.75. The Morgan fingerprint density at radius 1 is 0.900 bits per heavy atom. The molecule has 2 heteroatoms. The molecule has 0 heterocycles. The predicted molar refractivity (Wildman–Crippen MR) is 87.1 cm³/mol. The van der Waals surface area contributed by atoms with Gasteiger partial charge in [0.15, 0.2) is 0 Å². The standard InChI is InChI=1S/C18H28ClF/c1-3-5-7-9-11-15(10-8-6-4-2)16-12-17(19)14-18(20)13-16/h12-15H,3-11H2,1-2H3. The van der Waals surface area contributed by atoms with Crippen LogP contribution in [0.2, 0.25) is 5.02 Å². The third-order valence-corrected chi connectivity index (χ3v) is 4.14. The van der Waals surface area contributed by atoms with Crippen LogP contribution in [0.1, 0.15) is 83.1 Å². The first kappa shape index (κ1) is 17.5. The van der Waals surface area contributed by atoms with Crippen LogP contribution in [0.15, 0.2) is 18.2 Å². The molecule has 0 fully saturated rings. The van der Waals surface area contributed by atoms with Gasteiger partial charge in [-0.1, -0.05) is 70.4 Å². The van der Waals surface area contributed by atoms with Crippen LogP contribution in [0, 0.1) is 5.82 Å². The van der Waals surface area contributed by atoms with Crippen molar-refractivity contribution < 1.29 is 4.39 Å². The van der Waals surface area contributed by atoms with Gasteiger partial charge in [0, 0.05) is 5.02 Å². The van der Waals surface area contributed by atoms with Crippen molar-refractivity contribution in [3.8, 4) is 0 Å². The van der Waals surface area contributed by atoms with Crippen LogP contribution < -0.4 is 0 Å². The van der Waals surface area contributed by atoms with Gasteiger partial charge >= 0.3 is 0 Å². The van der Waals surface area contributed by atoms with Gasteiger partial charge in [-0.05, 0) is 42.5 Å². The van der Waals surface area contributed by atoms with E-state index in [1.807, 2.05) is 6.07 Å². The molecule has 1 aromatic carbocycles. The van der Waals surface area contributed by atoms with E-state index in [1.165, 1.54) is 51.0 Å². The Hall–Kier alpha value is -0.560. The molecule has 0 N–H and O–H groups in total. The Bertz CT molecular complexity index is 355. The van der Waals surface area contributed by atoms with E-state index in [2.05, 4.69) is 13.8 Å². The molecule has 0 aliphatic heterocycles. The zero-order chi connectivity index (χ0) is 14.8. The quantitative estimate of drug-likeness (QED) is 0.404. The Morgan fingerprint density at radius 2 is 1.50 bits per heavy atom. The molecule has 0 saturated carbocycles. The fraction of sp³-hybridized carbons (Fsp3) is 0.667. The molecule has 1 rings (SSSR count). The number of rotatable bonds is 10. The first-order valence-corrected chi connectivity index (χ1v) is 8.51. The van der Waals surface area contributed by atoms with E-state index in [-0.39, 0.29) is 5.82 Å². The number of halogens is 2. The maximum Gasteiger partial charge on any atom is 0.124 e. The molecule has 20 heavy (non-hydrogen) atoms. The van der Waals surface area contributed by atoms with E-state index in [0.717, 1.165) is 18.4 Å². The van der Waals surface area contributed by atoms with Gasteiger partial charge in [0.2, 0.25) is 0 Å². The van der Waals surface area contributed by atoms with E-state index < -0.39 is 0 Å². The molecule has 0 aromatic heterocycles. The van der Waals surface area contributed by atoms with E-state index in [1.54, 1.807) is 6.07 Å². The second-order valence-corrected chi connectivity index (χ2v) is 6.18. The van der Waals surface area contributed by atoms with Gasteiger partial charge in [0.1, 0.15) is 5.82 Å². The van der Waals surface area contributed by atoms with Gasteiger partial charge in [-0.25, -0.2) is 4.39 Å². The van der Waals surface area contributed by atoms with Crippen molar-refractivity contribution in [3.63, 3.8) is 0 Å². The molecule has 1 atom stereocenters. The van der Waals surface area contributed by atoms with Crippen LogP contribution in [-0.2, 0) is 0 Å². The largest absolute Gasteiger partial charge is 0.207 e. The van der Waals surface area contributed by atoms with Crippen molar-refractivity contribution in [2.45, 2.75) is 77.6 Å². The van der Waals surface area contributed by atoms with E-state index in [4.69, 9.17) is 11.6 Å². The maximum atomic E-state index is 13.5. The van der Waals surface area contributed by atoms with Crippen LogP contribution in [0.4, 0.5) is 4.39 Å². The molecule has 1 unspecified atom stereocenters. The summed E-state index contributed by atoms with van der Waals surface area (Å²) in [4.78, 5) is 0. The van der Waals surface area contributed by atoms with Crippen LogP contribution in [0.3, 0.4) is 0 Å². The summed E-state index contributed by atoms with van der Waals surface area (Å²) < 4.78 is 13.5. The average molecular weight is 299 g/mol. The lowest BCUT2D eigenvalue weighted by Gasteiger charge is -2.18. The Morgan fingerprint density at radius 3 is 2.10 bits per heavy atom. The Labute approximate surface area is 128 Å². The third kappa shape index (κ3) is 6.74. The second kappa shape index (κ2) is 10.2. The third-order valence-electron chi connectivity index (χ3n) is 3.92. The lowest BCUT2D eigenvalue weighted by molar-refractivity contribution is 0.498. The summed E-state index contributed by atoms with van der Waals surface area (Å²) in [5.41, 5.74) is 1.09. The van der Waals surface area contributed by atoms with Crippen molar-refractivity contribution in [3.05, 3.63) is 34.6 Å². The van der Waals surface area contributed by atoms with Crippen molar-refractivity contribution in [2.24, 2.45) is 0 Å². The van der Waals surface area contributed by atoms with Gasteiger partial charge in [-0.15, -0.1) is 0 Å². The molecule has 0 amide bonds. The molecular weight excluding hydrogens is 271 g/mol. The number of unbranched alkanes of at least 4 members (excludes halogenated alkanes) is 5. The second-order valence-electron chi connectivity index (χ2n) is 5.74. The van der Waals surface area contributed by atoms with Gasteiger partial charge in [-0.3, -0.25) is 0 Å². The zero-order valence-corrected chi connectivity index (χ0v) is 13.7. The maximum absolute atomic E-state index is 13.5. The minimum Gasteiger partial charge on any atom is -0.207 e. The van der Waals surface area contributed by atoms with Crippen LogP contribution in [-0.4, -0.2) is 0 Å². The first-order valence-electron chi connectivity index (χ1n) is 8.13. The van der Waals surface area contributed by atoms with Gasteiger partial charge in [0.25, 0.3) is 0 Å². The van der Waals surface area contributed by atoms with Gasteiger partial charge in [-0.2, -0.15) is 0 Å². The van der Waals surface area contributed by atoms with Gasteiger partial charge < -0.3 is 0 Å². The van der Waals surface area contributed by atoms with Crippen molar-refractivity contribution in [1.82, 2.24) is 0 Å². The number of benzene rings is 1. The summed E-state index contributed by atoms with van der Waals surface area (Å²) in [6.07, 6.45) is 11.1. The highest BCUT2D eigenvalue weighted by atomic mass is 35.5. The molecule has 0 spiro atoms. The summed E-state index contributed by atoms with van der Waals surface area (Å²) in [5.74, 6) is 0.258. The van der Waals surface area contributed by atoms with E-state index in [9.17, 15) is 4.39 Å². The summed E-state index contributed by atoms with van der Waals surface area (Å²) in [5, 5.41) is 0.522. The smallest absolute Gasteiger partial charge is 0.124 e. The minimum absolute atomic E-state index is 0.207. The first-order chi connectivity index (χ1) is 9.67. The topological polar surface area (TPSA) is 0 Å². The molecule has 0 saturated heterocycles. The summed E-state index contributed by atoms with van der Waals surface area (Å²) in [7, 11) is 0. The van der Waals surface area contributed by atoms with Crippen LogP contribution in [0.5, 0.6) is 0 Å². The predicted octanol–water partition coefficient (Wildman–Crippen LogP) is 7.11. The molecule has 114 valence electrons. The SMILES string of the molecule is CCCCCCC(CCCCC)c1cc(F)cc(Cl)c1. The Balaban J connectivity index is 2.64. The highest BCUT2D eigenvalue weighted by Crippen LogP contribution is 2.30. The number of hydrogen-bond donors (Lipinski definition) is 0. The van der Waals surface area contributed by atoms with E-state index >= 15 is 0 Å². The monoisotopic (exact) mass is 298 g/mol. The molecule has 0 nitrogen and oxygen atoms in total. The van der Waals surface area contributed by atoms with Crippen LogP contribution >= 0.6 is 11.6 Å². The molecule has 0 aliphatic rings.